The molecule has 0 aromatic rings. The fourth-order valence-corrected chi connectivity index (χ4v) is 6.39. The van der Waals surface area contributed by atoms with Gasteiger partial charge in [0.15, 0.2) is 0 Å². The second kappa shape index (κ2) is 8.20. The van der Waals surface area contributed by atoms with Crippen LogP contribution in [0.3, 0.4) is 0 Å². The summed E-state index contributed by atoms with van der Waals surface area (Å²) >= 11 is 0. The van der Waals surface area contributed by atoms with E-state index in [9.17, 15) is 0 Å². The zero-order chi connectivity index (χ0) is 10.9. The third-order valence-corrected chi connectivity index (χ3v) is 7.61. The van der Waals surface area contributed by atoms with Gasteiger partial charge in [0.2, 0.25) is 0 Å². The Labute approximate surface area is 92.9 Å². The van der Waals surface area contributed by atoms with Gasteiger partial charge in [-0.2, -0.15) is 0 Å². The van der Waals surface area contributed by atoms with E-state index in [1.165, 1.54) is 47.4 Å². The first-order valence-corrected chi connectivity index (χ1v) is 9.37. The van der Waals surface area contributed by atoms with Gasteiger partial charge < -0.3 is 0 Å². The predicted molar refractivity (Wildman–Crippen MR) is 76.3 cm³/mol. The summed E-state index contributed by atoms with van der Waals surface area (Å²) in [5.74, 6) is 0. The molecule has 0 aliphatic heterocycles. The van der Waals surface area contributed by atoms with E-state index in [1.807, 2.05) is 0 Å². The molecule has 0 radical (unpaired) electrons. The van der Waals surface area contributed by atoms with Crippen LogP contribution in [-0.4, -0.2) is 34.9 Å². The fourth-order valence-electron chi connectivity index (χ4n) is 1.81. The van der Waals surface area contributed by atoms with Crippen molar-refractivity contribution in [2.24, 2.45) is 0 Å². The molecular formula is C12H24PSi+. The lowest BCUT2D eigenvalue weighted by molar-refractivity contribution is 1.07. The number of hydrogen-bond donors (Lipinski definition) is 0. The van der Waals surface area contributed by atoms with Crippen LogP contribution in [0.15, 0.2) is 38.0 Å². The largest absolute Gasteiger partial charge is 0.0995 e. The summed E-state index contributed by atoms with van der Waals surface area (Å²) in [4.78, 5) is 0. The van der Waals surface area contributed by atoms with Gasteiger partial charge in [-0.25, -0.2) is 0 Å². The molecule has 0 rings (SSSR count). The van der Waals surface area contributed by atoms with Crippen LogP contribution in [0.4, 0.5) is 0 Å². The third kappa shape index (κ3) is 4.93. The summed E-state index contributed by atoms with van der Waals surface area (Å²) in [6.45, 7) is 11.7. The van der Waals surface area contributed by atoms with Crippen LogP contribution >= 0.6 is 7.26 Å². The van der Waals surface area contributed by atoms with Crippen molar-refractivity contribution in [1.29, 1.82) is 0 Å². The Kier molecular flexibility index (Phi) is 8.12. The van der Waals surface area contributed by atoms with E-state index in [4.69, 9.17) is 0 Å². The van der Waals surface area contributed by atoms with Crippen LogP contribution in [0.25, 0.3) is 0 Å². The van der Waals surface area contributed by atoms with Crippen molar-refractivity contribution >= 4 is 17.5 Å². The van der Waals surface area contributed by atoms with Crippen LogP contribution in [0.2, 0.25) is 6.04 Å². The summed E-state index contributed by atoms with van der Waals surface area (Å²) in [7, 11) is 0.490. The Morgan fingerprint density at radius 3 is 1.64 bits per heavy atom. The molecule has 0 saturated heterocycles. The second-order valence-corrected chi connectivity index (χ2v) is 9.06. The minimum atomic E-state index is -0.845. The fraction of sp³-hybridized carbons (Fsp3) is 0.500. The lowest BCUT2D eigenvalue weighted by Crippen LogP contribution is -2.08. The van der Waals surface area contributed by atoms with Crippen LogP contribution in [0.5, 0.6) is 0 Å². The standard InChI is InChI=1S/C12H24PSi/c1-4-8-13(9-5-2,10-6-3)11-7-12-14/h4-6H,1-3,7-12H2,14H3/q+1. The Morgan fingerprint density at radius 1 is 0.929 bits per heavy atom. The van der Waals surface area contributed by atoms with E-state index in [1.54, 1.807) is 0 Å². The summed E-state index contributed by atoms with van der Waals surface area (Å²) in [5, 5.41) is 0. The SMILES string of the molecule is C=CC[P+](CC=C)(CC=C)CCC[SiH3]. The zero-order valence-electron chi connectivity index (χ0n) is 9.54. The van der Waals surface area contributed by atoms with Gasteiger partial charge >= 0.3 is 0 Å². The third-order valence-electron chi connectivity index (χ3n) is 2.54. The average molecular weight is 227 g/mol. The van der Waals surface area contributed by atoms with Crippen LogP contribution in [0.1, 0.15) is 6.42 Å². The lowest BCUT2D eigenvalue weighted by atomic mass is 10.6. The highest BCUT2D eigenvalue weighted by molar-refractivity contribution is 7.76. The van der Waals surface area contributed by atoms with Gasteiger partial charge in [0.05, 0.1) is 24.6 Å². The first-order chi connectivity index (χ1) is 6.74. The molecule has 0 unspecified atom stereocenters. The lowest BCUT2D eigenvalue weighted by Gasteiger charge is -2.23. The topological polar surface area (TPSA) is 0 Å². The molecular weight excluding hydrogens is 203 g/mol. The monoisotopic (exact) mass is 227 g/mol. The Hall–Kier alpha value is -0.133. The molecule has 0 saturated carbocycles. The van der Waals surface area contributed by atoms with Gasteiger partial charge in [-0.1, -0.05) is 44.0 Å². The van der Waals surface area contributed by atoms with Gasteiger partial charge in [0.25, 0.3) is 0 Å². The van der Waals surface area contributed by atoms with Gasteiger partial charge in [-0.05, 0) is 6.42 Å². The molecule has 14 heavy (non-hydrogen) atoms. The summed E-state index contributed by atoms with van der Waals surface area (Å²) in [6, 6.07) is 1.42. The Morgan fingerprint density at radius 2 is 1.36 bits per heavy atom. The highest BCUT2D eigenvalue weighted by Gasteiger charge is 2.32. The highest BCUT2D eigenvalue weighted by Crippen LogP contribution is 2.59. The molecule has 0 atom stereocenters. The van der Waals surface area contributed by atoms with E-state index in [2.05, 4.69) is 38.0 Å². The molecule has 0 bridgehead atoms. The summed E-state index contributed by atoms with van der Waals surface area (Å²) in [5.41, 5.74) is 0. The van der Waals surface area contributed by atoms with E-state index < -0.39 is 7.26 Å². The Balaban J connectivity index is 4.43. The van der Waals surface area contributed by atoms with Crippen molar-refractivity contribution in [2.75, 3.05) is 24.6 Å². The minimum absolute atomic E-state index is 0.845. The van der Waals surface area contributed by atoms with Gasteiger partial charge in [0.1, 0.15) is 0 Å². The normalized spacial score (nSPS) is 11.1. The maximum absolute atomic E-state index is 3.89. The minimum Gasteiger partial charge on any atom is -0.0995 e. The first-order valence-electron chi connectivity index (χ1n) is 5.42. The van der Waals surface area contributed by atoms with E-state index in [0.29, 0.717) is 0 Å². The first kappa shape index (κ1) is 13.9. The van der Waals surface area contributed by atoms with Crippen molar-refractivity contribution in [1.82, 2.24) is 0 Å². The Bertz CT molecular complexity index is 160. The number of allylic oxidation sites excluding steroid dienone is 3. The molecule has 0 N–H and O–H groups in total. The van der Waals surface area contributed by atoms with E-state index >= 15 is 0 Å². The summed E-state index contributed by atoms with van der Waals surface area (Å²) < 4.78 is 0. The van der Waals surface area contributed by atoms with Crippen LogP contribution in [0, 0.1) is 0 Å². The van der Waals surface area contributed by atoms with Crippen LogP contribution < -0.4 is 0 Å². The predicted octanol–water partition coefficient (Wildman–Crippen LogP) is 2.74. The van der Waals surface area contributed by atoms with Gasteiger partial charge in [-0.3, -0.25) is 0 Å². The second-order valence-electron chi connectivity index (χ2n) is 3.83. The molecule has 2 heteroatoms. The molecule has 0 amide bonds. The molecule has 0 nitrogen and oxygen atoms in total. The van der Waals surface area contributed by atoms with Crippen molar-refractivity contribution in [3.8, 4) is 0 Å². The van der Waals surface area contributed by atoms with E-state index in [0.717, 1.165) is 0 Å². The average Bonchev–Trinajstić information content (AvgIpc) is 2.16. The number of rotatable bonds is 9. The summed E-state index contributed by atoms with van der Waals surface area (Å²) in [6.07, 6.45) is 12.7. The molecule has 0 fully saturated rings. The maximum Gasteiger partial charge on any atom is 0.0777 e. The smallest absolute Gasteiger partial charge is 0.0777 e. The van der Waals surface area contributed by atoms with Crippen molar-refractivity contribution in [3.05, 3.63) is 38.0 Å². The number of hydrogen-bond acceptors (Lipinski definition) is 0. The molecule has 0 heterocycles. The van der Waals surface area contributed by atoms with Gasteiger partial charge in [-0.15, -0.1) is 0 Å². The van der Waals surface area contributed by atoms with Crippen LogP contribution in [-0.2, 0) is 0 Å². The molecule has 0 aromatic heterocycles. The quantitative estimate of drug-likeness (QED) is 0.323. The van der Waals surface area contributed by atoms with Crippen molar-refractivity contribution in [3.63, 3.8) is 0 Å². The van der Waals surface area contributed by atoms with Crippen molar-refractivity contribution in [2.45, 2.75) is 12.5 Å². The molecule has 0 aliphatic carbocycles. The molecule has 0 aliphatic rings. The highest BCUT2D eigenvalue weighted by atomic mass is 31.2. The van der Waals surface area contributed by atoms with Crippen molar-refractivity contribution < 1.29 is 0 Å². The van der Waals surface area contributed by atoms with E-state index in [-0.39, 0.29) is 0 Å². The molecule has 80 valence electrons. The molecule has 0 aromatic carbocycles. The maximum atomic E-state index is 3.89. The zero-order valence-corrected chi connectivity index (χ0v) is 12.4. The van der Waals surface area contributed by atoms with Gasteiger partial charge in [0, 0.05) is 17.5 Å². The molecule has 0 spiro atoms.